The summed E-state index contributed by atoms with van der Waals surface area (Å²) >= 11 is 0. The van der Waals surface area contributed by atoms with Gasteiger partial charge in [-0.25, -0.2) is 4.79 Å². The topological polar surface area (TPSA) is 92.4 Å². The first-order valence-corrected chi connectivity index (χ1v) is 5.08. The molecule has 0 atom stereocenters. The van der Waals surface area contributed by atoms with E-state index in [9.17, 15) is 9.59 Å². The number of hydrogen-bond acceptors (Lipinski definition) is 3. The highest BCUT2D eigenvalue weighted by atomic mass is 16.4. The Hall–Kier alpha value is -1.62. The third-order valence-corrected chi connectivity index (χ3v) is 1.46. The van der Waals surface area contributed by atoms with Crippen LogP contribution in [-0.4, -0.2) is 29.1 Å². The summed E-state index contributed by atoms with van der Waals surface area (Å²) in [5, 5.41) is 10.5. The Labute approximate surface area is 102 Å². The maximum atomic E-state index is 10.9. The molecule has 0 aromatic carbocycles. The summed E-state index contributed by atoms with van der Waals surface area (Å²) < 4.78 is 0. The quantitative estimate of drug-likeness (QED) is 0.643. The summed E-state index contributed by atoms with van der Waals surface area (Å²) in [4.78, 5) is 20.5. The Morgan fingerprint density at radius 1 is 1.24 bits per heavy atom. The second kappa shape index (κ2) is 7.62. The Morgan fingerprint density at radius 2 is 1.59 bits per heavy atom. The zero-order chi connectivity index (χ0) is 14.2. The van der Waals surface area contributed by atoms with Crippen molar-refractivity contribution in [3.63, 3.8) is 0 Å². The van der Waals surface area contributed by atoms with Gasteiger partial charge in [0.05, 0.1) is 0 Å². The molecule has 0 aromatic heterocycles. The second-order valence-electron chi connectivity index (χ2n) is 4.54. The van der Waals surface area contributed by atoms with Crippen LogP contribution >= 0.6 is 0 Å². The molecule has 0 bridgehead atoms. The standard InChI is InChI=1S/C8H16N2O.C4H6O2/c1-6(2)7(11)10-5-8(3,4)9;1-3(2)4(5)6/h1,5,9H2,2-4H3,(H,10,11);1H2,2H3,(H,5,6). The predicted molar refractivity (Wildman–Crippen MR) is 68.5 cm³/mol. The SMILES string of the molecule is C=C(C)C(=O)NCC(C)(C)N.C=C(C)C(=O)O. The van der Waals surface area contributed by atoms with E-state index in [1.54, 1.807) is 6.92 Å². The van der Waals surface area contributed by atoms with Crippen LogP contribution in [0.25, 0.3) is 0 Å². The number of aliphatic carboxylic acids is 1. The van der Waals surface area contributed by atoms with E-state index in [1.807, 2.05) is 13.8 Å². The number of carboxylic acid groups (broad SMARTS) is 1. The molecule has 1 amide bonds. The Balaban J connectivity index is 0. The van der Waals surface area contributed by atoms with Crippen LogP contribution in [0.2, 0.25) is 0 Å². The van der Waals surface area contributed by atoms with Crippen molar-refractivity contribution >= 4 is 11.9 Å². The number of nitrogens with two attached hydrogens (primary N) is 1. The predicted octanol–water partition coefficient (Wildman–Crippen LogP) is 1.06. The third-order valence-electron chi connectivity index (χ3n) is 1.46. The van der Waals surface area contributed by atoms with Gasteiger partial charge in [-0.3, -0.25) is 4.79 Å². The van der Waals surface area contributed by atoms with E-state index >= 15 is 0 Å². The zero-order valence-corrected chi connectivity index (χ0v) is 11.0. The van der Waals surface area contributed by atoms with Gasteiger partial charge in [-0.2, -0.15) is 0 Å². The highest BCUT2D eigenvalue weighted by molar-refractivity contribution is 5.92. The lowest BCUT2D eigenvalue weighted by Crippen LogP contribution is -2.45. The summed E-state index contributed by atoms with van der Waals surface area (Å²) in [5.41, 5.74) is 5.97. The van der Waals surface area contributed by atoms with Gasteiger partial charge < -0.3 is 16.2 Å². The minimum absolute atomic E-state index is 0.136. The molecule has 0 heterocycles. The van der Waals surface area contributed by atoms with Crippen molar-refractivity contribution in [2.75, 3.05) is 6.54 Å². The van der Waals surface area contributed by atoms with Gasteiger partial charge in [0.1, 0.15) is 0 Å². The number of nitrogens with one attached hydrogen (secondary N) is 1. The molecule has 98 valence electrons. The van der Waals surface area contributed by atoms with Crippen molar-refractivity contribution in [3.8, 4) is 0 Å². The van der Waals surface area contributed by atoms with E-state index in [0.717, 1.165) is 0 Å². The van der Waals surface area contributed by atoms with Crippen molar-refractivity contribution in [1.82, 2.24) is 5.32 Å². The maximum absolute atomic E-state index is 10.9. The van der Waals surface area contributed by atoms with Crippen LogP contribution in [0.3, 0.4) is 0 Å². The van der Waals surface area contributed by atoms with E-state index in [0.29, 0.717) is 12.1 Å². The molecule has 0 aliphatic carbocycles. The van der Waals surface area contributed by atoms with Crippen molar-refractivity contribution < 1.29 is 14.7 Å². The number of hydrogen-bond donors (Lipinski definition) is 3. The normalized spacial score (nSPS) is 9.71. The molecule has 0 aliphatic heterocycles. The molecule has 0 unspecified atom stereocenters. The molecule has 0 fully saturated rings. The van der Waals surface area contributed by atoms with Gasteiger partial charge in [-0.15, -0.1) is 0 Å². The van der Waals surface area contributed by atoms with Gasteiger partial charge in [0.2, 0.25) is 5.91 Å². The van der Waals surface area contributed by atoms with Gasteiger partial charge in [0, 0.05) is 23.2 Å². The lowest BCUT2D eigenvalue weighted by Gasteiger charge is -2.18. The van der Waals surface area contributed by atoms with Crippen LogP contribution in [0.1, 0.15) is 27.7 Å². The summed E-state index contributed by atoms with van der Waals surface area (Å²) in [5.74, 6) is -1.07. The first kappa shape index (κ1) is 17.8. The third kappa shape index (κ3) is 14.4. The van der Waals surface area contributed by atoms with E-state index in [2.05, 4.69) is 18.5 Å². The smallest absolute Gasteiger partial charge is 0.330 e. The molecule has 0 aliphatic rings. The van der Waals surface area contributed by atoms with Crippen molar-refractivity contribution in [1.29, 1.82) is 0 Å². The van der Waals surface area contributed by atoms with Gasteiger partial charge in [0.15, 0.2) is 0 Å². The van der Waals surface area contributed by atoms with Crippen LogP contribution in [0.15, 0.2) is 24.3 Å². The van der Waals surface area contributed by atoms with Gasteiger partial charge >= 0.3 is 5.97 Å². The average Bonchev–Trinajstić information content (AvgIpc) is 2.13. The Kier molecular flexibility index (Phi) is 7.96. The summed E-state index contributed by atoms with van der Waals surface area (Å²) in [6.07, 6.45) is 0. The first-order chi connectivity index (χ1) is 7.47. The van der Waals surface area contributed by atoms with E-state index in [1.165, 1.54) is 6.92 Å². The molecule has 0 saturated heterocycles. The molecule has 0 spiro atoms. The second-order valence-corrected chi connectivity index (χ2v) is 4.54. The van der Waals surface area contributed by atoms with Crippen molar-refractivity contribution in [3.05, 3.63) is 24.3 Å². The summed E-state index contributed by atoms with van der Waals surface area (Å²) in [7, 11) is 0. The van der Waals surface area contributed by atoms with Crippen LogP contribution < -0.4 is 11.1 Å². The van der Waals surface area contributed by atoms with Crippen molar-refractivity contribution in [2.45, 2.75) is 33.2 Å². The van der Waals surface area contributed by atoms with E-state index in [-0.39, 0.29) is 17.0 Å². The van der Waals surface area contributed by atoms with Crippen LogP contribution in [-0.2, 0) is 9.59 Å². The highest BCUT2D eigenvalue weighted by Gasteiger charge is 2.11. The molecule has 0 saturated carbocycles. The molecular weight excluding hydrogens is 220 g/mol. The minimum atomic E-state index is -0.935. The lowest BCUT2D eigenvalue weighted by atomic mass is 10.1. The van der Waals surface area contributed by atoms with Crippen molar-refractivity contribution in [2.24, 2.45) is 5.73 Å². The molecule has 4 N–H and O–H groups in total. The molecule has 5 nitrogen and oxygen atoms in total. The monoisotopic (exact) mass is 242 g/mol. The van der Waals surface area contributed by atoms with E-state index in [4.69, 9.17) is 10.8 Å². The zero-order valence-electron chi connectivity index (χ0n) is 11.0. The number of carboxylic acids is 1. The van der Waals surface area contributed by atoms with Gasteiger partial charge in [0.25, 0.3) is 0 Å². The molecular formula is C12H22N2O3. The summed E-state index contributed by atoms with van der Waals surface area (Å²) in [6.45, 7) is 13.9. The summed E-state index contributed by atoms with van der Waals surface area (Å²) in [6, 6.07) is 0. The number of rotatable bonds is 4. The minimum Gasteiger partial charge on any atom is -0.478 e. The first-order valence-electron chi connectivity index (χ1n) is 5.08. The molecule has 0 aromatic rings. The Bertz CT molecular complexity index is 302. The van der Waals surface area contributed by atoms with Crippen LogP contribution in [0.4, 0.5) is 0 Å². The number of carbonyl (C=O) groups is 2. The number of carbonyl (C=O) groups excluding carboxylic acids is 1. The number of amides is 1. The fraction of sp³-hybridized carbons (Fsp3) is 0.500. The van der Waals surface area contributed by atoms with Gasteiger partial charge in [-0.05, 0) is 27.7 Å². The van der Waals surface area contributed by atoms with Gasteiger partial charge in [-0.1, -0.05) is 13.2 Å². The van der Waals surface area contributed by atoms with E-state index < -0.39 is 5.97 Å². The molecule has 0 rings (SSSR count). The van der Waals surface area contributed by atoms with Crippen LogP contribution in [0, 0.1) is 0 Å². The fourth-order valence-electron chi connectivity index (χ4n) is 0.459. The molecule has 0 radical (unpaired) electrons. The maximum Gasteiger partial charge on any atom is 0.330 e. The highest BCUT2D eigenvalue weighted by Crippen LogP contribution is 1.94. The molecule has 5 heteroatoms. The fourth-order valence-corrected chi connectivity index (χ4v) is 0.459. The largest absolute Gasteiger partial charge is 0.478 e. The van der Waals surface area contributed by atoms with Crippen LogP contribution in [0.5, 0.6) is 0 Å². The average molecular weight is 242 g/mol. The Morgan fingerprint density at radius 3 is 1.76 bits per heavy atom. The molecule has 17 heavy (non-hydrogen) atoms. The lowest BCUT2D eigenvalue weighted by molar-refractivity contribution is -0.132.